The smallest absolute Gasteiger partial charge is 0.132 e. The summed E-state index contributed by atoms with van der Waals surface area (Å²) in [5, 5.41) is 4.25. The Morgan fingerprint density at radius 2 is 1.85 bits per heavy atom. The van der Waals surface area contributed by atoms with Crippen molar-refractivity contribution in [3.63, 3.8) is 0 Å². The summed E-state index contributed by atoms with van der Waals surface area (Å²) in [6.07, 6.45) is 0. The highest BCUT2D eigenvalue weighted by Crippen LogP contribution is 2.25. The molecular weight excluding hydrogens is 255 g/mol. The molecule has 0 spiro atoms. The van der Waals surface area contributed by atoms with Crippen LogP contribution >= 0.6 is 0 Å². The van der Waals surface area contributed by atoms with Gasteiger partial charge in [-0.2, -0.15) is 5.10 Å². The van der Waals surface area contributed by atoms with Crippen LogP contribution in [0.15, 0.2) is 47.6 Å². The quantitative estimate of drug-likeness (QED) is 0.909. The molecule has 102 valence electrons. The minimum Gasteiger partial charge on any atom is -0.353 e. The second kappa shape index (κ2) is 5.43. The summed E-state index contributed by atoms with van der Waals surface area (Å²) in [5.74, 6) is -0.220. The largest absolute Gasteiger partial charge is 0.353 e. The van der Waals surface area contributed by atoms with Crippen molar-refractivity contribution in [2.45, 2.75) is 6.92 Å². The number of benzene rings is 2. The van der Waals surface area contributed by atoms with Gasteiger partial charge >= 0.3 is 0 Å². The summed E-state index contributed by atoms with van der Waals surface area (Å²) >= 11 is 0. The second-order valence-corrected chi connectivity index (χ2v) is 4.75. The predicted molar refractivity (Wildman–Crippen MR) is 77.1 cm³/mol. The minimum absolute atomic E-state index is 0.220. The maximum absolute atomic E-state index is 13.0. The SMILES string of the molecule is Cc1cc(C2=NNCOC2)ccc1-c1ccc(F)cc1. The first-order chi connectivity index (χ1) is 9.74. The van der Waals surface area contributed by atoms with E-state index in [0.29, 0.717) is 13.3 Å². The van der Waals surface area contributed by atoms with E-state index < -0.39 is 0 Å². The highest BCUT2D eigenvalue weighted by atomic mass is 19.1. The monoisotopic (exact) mass is 270 g/mol. The lowest BCUT2D eigenvalue weighted by Gasteiger charge is -2.15. The van der Waals surface area contributed by atoms with Crippen LogP contribution in [0.2, 0.25) is 0 Å². The van der Waals surface area contributed by atoms with Gasteiger partial charge in [-0.1, -0.05) is 24.3 Å². The van der Waals surface area contributed by atoms with Crippen molar-refractivity contribution in [2.75, 3.05) is 13.3 Å². The fourth-order valence-corrected chi connectivity index (χ4v) is 2.30. The Balaban J connectivity index is 1.95. The van der Waals surface area contributed by atoms with E-state index in [-0.39, 0.29) is 5.82 Å². The van der Waals surface area contributed by atoms with E-state index in [0.717, 1.165) is 28.0 Å². The maximum Gasteiger partial charge on any atom is 0.132 e. The number of hydrazone groups is 1. The van der Waals surface area contributed by atoms with Crippen LogP contribution in [0.3, 0.4) is 0 Å². The van der Waals surface area contributed by atoms with E-state index >= 15 is 0 Å². The molecule has 0 saturated carbocycles. The number of hydrogen-bond donors (Lipinski definition) is 1. The van der Waals surface area contributed by atoms with Crippen molar-refractivity contribution in [1.82, 2.24) is 5.43 Å². The molecular formula is C16H15FN2O. The predicted octanol–water partition coefficient (Wildman–Crippen LogP) is 3.08. The van der Waals surface area contributed by atoms with Gasteiger partial charge in [-0.3, -0.25) is 5.43 Å². The Morgan fingerprint density at radius 1 is 1.10 bits per heavy atom. The van der Waals surface area contributed by atoms with Gasteiger partial charge < -0.3 is 4.74 Å². The molecule has 20 heavy (non-hydrogen) atoms. The molecule has 2 aromatic rings. The van der Waals surface area contributed by atoms with Crippen molar-refractivity contribution in [3.05, 3.63) is 59.4 Å². The number of nitrogens with zero attached hydrogens (tertiary/aromatic N) is 1. The molecule has 0 amide bonds. The molecule has 0 fully saturated rings. The lowest BCUT2D eigenvalue weighted by Crippen LogP contribution is -2.26. The van der Waals surface area contributed by atoms with Crippen LogP contribution in [-0.2, 0) is 4.74 Å². The highest BCUT2D eigenvalue weighted by molar-refractivity contribution is 6.02. The average Bonchev–Trinajstić information content (AvgIpc) is 2.49. The summed E-state index contributed by atoms with van der Waals surface area (Å²) in [6.45, 7) is 3.01. The van der Waals surface area contributed by atoms with Gasteiger partial charge in [-0.15, -0.1) is 0 Å². The van der Waals surface area contributed by atoms with E-state index in [4.69, 9.17) is 4.74 Å². The van der Waals surface area contributed by atoms with E-state index in [1.54, 1.807) is 12.1 Å². The molecule has 0 unspecified atom stereocenters. The summed E-state index contributed by atoms with van der Waals surface area (Å²) < 4.78 is 18.3. The van der Waals surface area contributed by atoms with E-state index in [1.165, 1.54) is 12.1 Å². The van der Waals surface area contributed by atoms with Crippen LogP contribution in [0.5, 0.6) is 0 Å². The van der Waals surface area contributed by atoms with Gasteiger partial charge in [0.1, 0.15) is 12.5 Å². The lowest BCUT2D eigenvalue weighted by atomic mass is 9.97. The van der Waals surface area contributed by atoms with E-state index in [9.17, 15) is 4.39 Å². The summed E-state index contributed by atoms with van der Waals surface area (Å²) in [4.78, 5) is 0. The molecule has 0 radical (unpaired) electrons. The van der Waals surface area contributed by atoms with Gasteiger partial charge in [-0.25, -0.2) is 4.39 Å². The number of aryl methyl sites for hydroxylation is 1. The Bertz CT molecular complexity index is 650. The topological polar surface area (TPSA) is 33.6 Å². The zero-order valence-corrected chi connectivity index (χ0v) is 11.2. The zero-order chi connectivity index (χ0) is 13.9. The fourth-order valence-electron chi connectivity index (χ4n) is 2.30. The summed E-state index contributed by atoms with van der Waals surface area (Å²) in [6, 6.07) is 12.7. The molecule has 0 aliphatic carbocycles. The van der Waals surface area contributed by atoms with Crippen molar-refractivity contribution >= 4 is 5.71 Å². The van der Waals surface area contributed by atoms with Gasteiger partial charge in [0.25, 0.3) is 0 Å². The van der Waals surface area contributed by atoms with Crippen molar-refractivity contribution in [2.24, 2.45) is 5.10 Å². The molecule has 1 heterocycles. The third kappa shape index (κ3) is 2.56. The van der Waals surface area contributed by atoms with Gasteiger partial charge in [0.05, 0.1) is 12.3 Å². The first kappa shape index (κ1) is 12.8. The Morgan fingerprint density at radius 3 is 2.50 bits per heavy atom. The van der Waals surface area contributed by atoms with Crippen LogP contribution in [-0.4, -0.2) is 19.0 Å². The number of hydrogen-bond acceptors (Lipinski definition) is 3. The summed E-state index contributed by atoms with van der Waals surface area (Å²) in [7, 11) is 0. The van der Waals surface area contributed by atoms with Gasteiger partial charge in [0.15, 0.2) is 0 Å². The van der Waals surface area contributed by atoms with Crippen LogP contribution in [0.1, 0.15) is 11.1 Å². The van der Waals surface area contributed by atoms with Crippen molar-refractivity contribution in [1.29, 1.82) is 0 Å². The van der Waals surface area contributed by atoms with Crippen LogP contribution in [0.25, 0.3) is 11.1 Å². The summed E-state index contributed by atoms with van der Waals surface area (Å²) in [5.41, 5.74) is 8.00. The number of ether oxygens (including phenoxy) is 1. The minimum atomic E-state index is -0.220. The van der Waals surface area contributed by atoms with Crippen LogP contribution < -0.4 is 5.43 Å². The lowest BCUT2D eigenvalue weighted by molar-refractivity contribution is 0.140. The zero-order valence-electron chi connectivity index (χ0n) is 11.2. The third-order valence-electron chi connectivity index (χ3n) is 3.33. The van der Waals surface area contributed by atoms with Gasteiger partial charge in [0, 0.05) is 5.56 Å². The molecule has 3 rings (SSSR count). The molecule has 1 aliphatic rings. The van der Waals surface area contributed by atoms with E-state index in [2.05, 4.69) is 16.6 Å². The number of halogens is 1. The highest BCUT2D eigenvalue weighted by Gasteiger charge is 2.10. The molecule has 0 atom stereocenters. The fraction of sp³-hybridized carbons (Fsp3) is 0.188. The molecule has 0 saturated heterocycles. The van der Waals surface area contributed by atoms with E-state index in [1.807, 2.05) is 19.1 Å². The Hall–Kier alpha value is -2.20. The standard InChI is InChI=1S/C16H15FN2O/c1-11-8-13(16-9-20-10-18-19-16)4-7-15(11)12-2-5-14(17)6-3-12/h2-8,18H,9-10H2,1H3. The Kier molecular flexibility index (Phi) is 3.48. The number of nitrogens with one attached hydrogen (secondary N) is 1. The second-order valence-electron chi connectivity index (χ2n) is 4.75. The van der Waals surface area contributed by atoms with Crippen molar-refractivity contribution < 1.29 is 9.13 Å². The van der Waals surface area contributed by atoms with Crippen molar-refractivity contribution in [3.8, 4) is 11.1 Å². The molecule has 0 bridgehead atoms. The molecule has 0 aromatic heterocycles. The van der Waals surface area contributed by atoms with Crippen LogP contribution in [0.4, 0.5) is 4.39 Å². The number of rotatable bonds is 2. The molecule has 2 aromatic carbocycles. The van der Waals surface area contributed by atoms with Gasteiger partial charge in [-0.05, 0) is 41.8 Å². The Labute approximate surface area is 117 Å². The molecule has 3 nitrogen and oxygen atoms in total. The molecule has 4 heteroatoms. The third-order valence-corrected chi connectivity index (χ3v) is 3.33. The molecule has 1 aliphatic heterocycles. The van der Waals surface area contributed by atoms with Crippen LogP contribution in [0, 0.1) is 12.7 Å². The average molecular weight is 270 g/mol. The normalized spacial score (nSPS) is 14.6. The maximum atomic E-state index is 13.0. The first-order valence-corrected chi connectivity index (χ1v) is 6.48. The molecule has 1 N–H and O–H groups in total. The van der Waals surface area contributed by atoms with Gasteiger partial charge in [0.2, 0.25) is 0 Å². The first-order valence-electron chi connectivity index (χ1n) is 6.48.